The molecule has 1 heterocycles. The molecule has 1 atom stereocenters. The highest BCUT2D eigenvalue weighted by Gasteiger charge is 2.25. The monoisotopic (exact) mass is 275 g/mol. The van der Waals surface area contributed by atoms with E-state index in [1.807, 2.05) is 44.2 Å². The van der Waals surface area contributed by atoms with Crippen molar-refractivity contribution in [2.75, 3.05) is 19.6 Å². The van der Waals surface area contributed by atoms with Crippen LogP contribution in [0, 0.1) is 0 Å². The number of carbonyl (C=O) groups excluding carboxylic acids is 1. The Bertz CT molecular complexity index is 473. The van der Waals surface area contributed by atoms with Crippen molar-refractivity contribution in [1.82, 2.24) is 10.2 Å². The van der Waals surface area contributed by atoms with Crippen molar-refractivity contribution in [3.05, 3.63) is 35.9 Å². The van der Waals surface area contributed by atoms with E-state index in [-0.39, 0.29) is 12.1 Å². The molecule has 0 saturated heterocycles. The SMILES string of the molecule is CCN(C(=O)OCc1ccccc1)[C@@H](C)C1=NCCN1. The number of nitrogens with zero attached hydrogens (tertiary/aromatic N) is 2. The fraction of sp³-hybridized carbons (Fsp3) is 0.467. The summed E-state index contributed by atoms with van der Waals surface area (Å²) in [5.41, 5.74) is 0.987. The molecule has 5 nitrogen and oxygen atoms in total. The third-order valence-corrected chi connectivity index (χ3v) is 3.34. The van der Waals surface area contributed by atoms with Gasteiger partial charge in [0.05, 0.1) is 12.6 Å². The fourth-order valence-corrected chi connectivity index (χ4v) is 2.21. The number of carbonyl (C=O) groups is 1. The zero-order valence-electron chi connectivity index (χ0n) is 12.0. The van der Waals surface area contributed by atoms with Crippen LogP contribution in [0.25, 0.3) is 0 Å². The van der Waals surface area contributed by atoms with E-state index < -0.39 is 0 Å². The first-order valence-corrected chi connectivity index (χ1v) is 6.98. The third kappa shape index (κ3) is 3.50. The molecule has 108 valence electrons. The minimum Gasteiger partial charge on any atom is -0.445 e. The van der Waals surface area contributed by atoms with Gasteiger partial charge in [0, 0.05) is 13.1 Å². The Balaban J connectivity index is 1.91. The van der Waals surface area contributed by atoms with E-state index in [9.17, 15) is 4.79 Å². The van der Waals surface area contributed by atoms with Gasteiger partial charge < -0.3 is 10.1 Å². The highest BCUT2D eigenvalue weighted by atomic mass is 16.6. The summed E-state index contributed by atoms with van der Waals surface area (Å²) in [5, 5.41) is 3.20. The van der Waals surface area contributed by atoms with Gasteiger partial charge in [-0.15, -0.1) is 0 Å². The van der Waals surface area contributed by atoms with Crippen molar-refractivity contribution in [3.63, 3.8) is 0 Å². The number of aliphatic imine (C=N–C) groups is 1. The predicted octanol–water partition coefficient (Wildman–Crippen LogP) is 2.04. The lowest BCUT2D eigenvalue weighted by Crippen LogP contribution is -2.46. The Labute approximate surface area is 119 Å². The molecule has 0 unspecified atom stereocenters. The molecule has 1 N–H and O–H groups in total. The molecular weight excluding hydrogens is 254 g/mol. The summed E-state index contributed by atoms with van der Waals surface area (Å²) < 4.78 is 5.37. The first-order valence-electron chi connectivity index (χ1n) is 6.98. The summed E-state index contributed by atoms with van der Waals surface area (Å²) in [4.78, 5) is 18.2. The molecule has 0 fully saturated rings. The maximum atomic E-state index is 12.2. The van der Waals surface area contributed by atoms with Crippen LogP contribution in [0.3, 0.4) is 0 Å². The van der Waals surface area contributed by atoms with Crippen molar-refractivity contribution in [2.45, 2.75) is 26.5 Å². The van der Waals surface area contributed by atoms with E-state index in [1.165, 1.54) is 0 Å². The van der Waals surface area contributed by atoms with Crippen LogP contribution in [-0.4, -0.2) is 42.5 Å². The number of rotatable bonds is 5. The molecule has 0 saturated carbocycles. The molecule has 1 aliphatic rings. The Morgan fingerprint density at radius 1 is 1.45 bits per heavy atom. The van der Waals surface area contributed by atoms with E-state index in [2.05, 4.69) is 10.3 Å². The quantitative estimate of drug-likeness (QED) is 0.894. The molecule has 1 aromatic rings. The summed E-state index contributed by atoms with van der Waals surface area (Å²) in [6.45, 7) is 6.41. The van der Waals surface area contributed by atoms with Crippen molar-refractivity contribution < 1.29 is 9.53 Å². The number of likely N-dealkylation sites (N-methyl/N-ethyl adjacent to an activating group) is 1. The highest BCUT2D eigenvalue weighted by Crippen LogP contribution is 2.08. The third-order valence-electron chi connectivity index (χ3n) is 3.34. The van der Waals surface area contributed by atoms with Gasteiger partial charge in [0.15, 0.2) is 0 Å². The first-order chi connectivity index (χ1) is 9.72. The Morgan fingerprint density at radius 3 is 2.80 bits per heavy atom. The number of hydrogen-bond acceptors (Lipinski definition) is 4. The van der Waals surface area contributed by atoms with E-state index in [1.54, 1.807) is 4.90 Å². The van der Waals surface area contributed by atoms with Gasteiger partial charge in [-0.1, -0.05) is 30.3 Å². The number of benzene rings is 1. The molecule has 0 radical (unpaired) electrons. The smallest absolute Gasteiger partial charge is 0.410 e. The molecule has 1 aliphatic heterocycles. The highest BCUT2D eigenvalue weighted by molar-refractivity contribution is 5.90. The lowest BCUT2D eigenvalue weighted by molar-refractivity contribution is 0.0936. The molecule has 0 aromatic heterocycles. The number of ether oxygens (including phenoxy) is 1. The summed E-state index contributed by atoms with van der Waals surface area (Å²) in [7, 11) is 0. The lowest BCUT2D eigenvalue weighted by atomic mass is 10.2. The van der Waals surface area contributed by atoms with Crippen molar-refractivity contribution in [1.29, 1.82) is 0 Å². The second-order valence-corrected chi connectivity index (χ2v) is 4.70. The zero-order valence-corrected chi connectivity index (χ0v) is 12.0. The molecule has 2 rings (SSSR count). The van der Waals surface area contributed by atoms with Crippen LogP contribution in [0.1, 0.15) is 19.4 Å². The Hall–Kier alpha value is -2.04. The second-order valence-electron chi connectivity index (χ2n) is 4.70. The summed E-state index contributed by atoms with van der Waals surface area (Å²) in [6.07, 6.45) is -0.305. The second kappa shape index (κ2) is 6.93. The van der Waals surface area contributed by atoms with Crippen LogP contribution in [0.2, 0.25) is 0 Å². The van der Waals surface area contributed by atoms with E-state index >= 15 is 0 Å². The molecule has 0 spiro atoms. The van der Waals surface area contributed by atoms with Gasteiger partial charge in [-0.25, -0.2) is 4.79 Å². The van der Waals surface area contributed by atoms with E-state index in [0.29, 0.717) is 13.2 Å². The predicted molar refractivity (Wildman–Crippen MR) is 78.8 cm³/mol. The van der Waals surface area contributed by atoms with Gasteiger partial charge in [-0.05, 0) is 19.4 Å². The average molecular weight is 275 g/mol. The minimum atomic E-state index is -0.305. The van der Waals surface area contributed by atoms with Crippen LogP contribution in [-0.2, 0) is 11.3 Å². The van der Waals surface area contributed by atoms with Gasteiger partial charge in [0.25, 0.3) is 0 Å². The van der Waals surface area contributed by atoms with Gasteiger partial charge in [0.2, 0.25) is 0 Å². The number of amides is 1. The minimum absolute atomic E-state index is 0.0780. The molecule has 0 bridgehead atoms. The topological polar surface area (TPSA) is 53.9 Å². The standard InChI is InChI=1S/C15H21N3O2/c1-3-18(12(2)14-16-9-10-17-14)15(19)20-11-13-7-5-4-6-8-13/h4-8,12H,3,9-11H2,1-2H3,(H,16,17)/t12-/m0/s1. The fourth-order valence-electron chi connectivity index (χ4n) is 2.21. The molecule has 1 amide bonds. The molecule has 1 aromatic carbocycles. The Kier molecular flexibility index (Phi) is 4.98. The van der Waals surface area contributed by atoms with Gasteiger partial charge >= 0.3 is 6.09 Å². The maximum absolute atomic E-state index is 12.2. The van der Waals surface area contributed by atoms with Gasteiger partial charge in [-0.3, -0.25) is 9.89 Å². The van der Waals surface area contributed by atoms with Crippen molar-refractivity contribution in [3.8, 4) is 0 Å². The number of amidine groups is 1. The number of hydrogen-bond donors (Lipinski definition) is 1. The van der Waals surface area contributed by atoms with Crippen LogP contribution < -0.4 is 5.32 Å². The van der Waals surface area contributed by atoms with Crippen LogP contribution in [0.15, 0.2) is 35.3 Å². The average Bonchev–Trinajstić information content (AvgIpc) is 3.01. The van der Waals surface area contributed by atoms with E-state index in [0.717, 1.165) is 24.5 Å². The molecule has 5 heteroatoms. The van der Waals surface area contributed by atoms with Crippen LogP contribution in [0.4, 0.5) is 4.79 Å². The number of nitrogens with one attached hydrogen (secondary N) is 1. The van der Waals surface area contributed by atoms with Crippen molar-refractivity contribution >= 4 is 11.9 Å². The Morgan fingerprint density at radius 2 is 2.20 bits per heavy atom. The summed E-state index contributed by atoms with van der Waals surface area (Å²) >= 11 is 0. The lowest BCUT2D eigenvalue weighted by Gasteiger charge is -2.27. The zero-order chi connectivity index (χ0) is 14.4. The largest absolute Gasteiger partial charge is 0.445 e. The van der Waals surface area contributed by atoms with E-state index in [4.69, 9.17) is 4.74 Å². The van der Waals surface area contributed by atoms with Crippen LogP contribution >= 0.6 is 0 Å². The first kappa shape index (κ1) is 14.4. The van der Waals surface area contributed by atoms with Crippen molar-refractivity contribution in [2.24, 2.45) is 4.99 Å². The van der Waals surface area contributed by atoms with Crippen LogP contribution in [0.5, 0.6) is 0 Å². The summed E-state index contributed by atoms with van der Waals surface area (Å²) in [5.74, 6) is 0.864. The molecular formula is C15H21N3O2. The normalized spacial score (nSPS) is 15.2. The van der Waals surface area contributed by atoms with Gasteiger partial charge in [-0.2, -0.15) is 0 Å². The molecule has 20 heavy (non-hydrogen) atoms. The maximum Gasteiger partial charge on any atom is 0.410 e. The molecule has 0 aliphatic carbocycles. The van der Waals surface area contributed by atoms with Gasteiger partial charge in [0.1, 0.15) is 12.4 Å². The summed E-state index contributed by atoms with van der Waals surface area (Å²) in [6, 6.07) is 9.60.